The zero-order valence-corrected chi connectivity index (χ0v) is 13.6. The first-order valence-electron chi connectivity index (χ1n) is 7.11. The Morgan fingerprint density at radius 2 is 2.17 bits per heavy atom. The molecule has 0 fully saturated rings. The number of carboxylic acid groups (broad SMARTS) is 1. The van der Waals surface area contributed by atoms with Gasteiger partial charge in [0.15, 0.2) is 5.69 Å². The molecule has 3 rings (SSSR count). The predicted octanol–water partition coefficient (Wildman–Crippen LogP) is 2.27. The number of aromatic carboxylic acids is 1. The number of carbonyl (C=O) groups excluding carboxylic acids is 1. The Bertz CT molecular complexity index is 900. The average molecular weight is 342 g/mol. The first-order chi connectivity index (χ1) is 11.5. The minimum atomic E-state index is -1.07. The lowest BCUT2D eigenvalue weighted by Gasteiger charge is -2.07. The van der Waals surface area contributed by atoms with Crippen molar-refractivity contribution < 1.29 is 14.7 Å². The molecule has 0 saturated carbocycles. The number of nitrogens with one attached hydrogen (secondary N) is 1. The van der Waals surface area contributed by atoms with Crippen LogP contribution in [0.4, 0.5) is 0 Å². The molecule has 1 amide bonds. The third-order valence-corrected chi connectivity index (χ3v) is 4.32. The third kappa shape index (κ3) is 3.33. The highest BCUT2D eigenvalue weighted by molar-refractivity contribution is 7.11. The minimum absolute atomic E-state index is 0.0191. The summed E-state index contributed by atoms with van der Waals surface area (Å²) < 4.78 is 1.49. The first-order valence-corrected chi connectivity index (χ1v) is 7.99. The zero-order chi connectivity index (χ0) is 17.1. The molecule has 0 aliphatic carbocycles. The van der Waals surface area contributed by atoms with E-state index in [1.165, 1.54) is 22.1 Å². The van der Waals surface area contributed by atoms with E-state index in [0.717, 1.165) is 11.3 Å². The van der Waals surface area contributed by atoms with Gasteiger partial charge in [-0.05, 0) is 30.7 Å². The van der Waals surface area contributed by atoms with Gasteiger partial charge < -0.3 is 10.4 Å². The number of amides is 1. The van der Waals surface area contributed by atoms with Crippen molar-refractivity contribution in [2.75, 3.05) is 0 Å². The van der Waals surface area contributed by atoms with Crippen LogP contribution < -0.4 is 5.32 Å². The summed E-state index contributed by atoms with van der Waals surface area (Å²) in [5.74, 6) is -1.23. The highest BCUT2D eigenvalue weighted by Crippen LogP contribution is 2.13. The maximum Gasteiger partial charge on any atom is 0.356 e. The average Bonchev–Trinajstić information content (AvgIpc) is 3.22. The maximum atomic E-state index is 12.1. The van der Waals surface area contributed by atoms with Crippen LogP contribution in [0, 0.1) is 6.92 Å². The van der Waals surface area contributed by atoms with Gasteiger partial charge in [-0.15, -0.1) is 11.3 Å². The summed E-state index contributed by atoms with van der Waals surface area (Å²) in [4.78, 5) is 27.7. The van der Waals surface area contributed by atoms with Gasteiger partial charge in [0.2, 0.25) is 0 Å². The van der Waals surface area contributed by atoms with Crippen molar-refractivity contribution in [3.05, 3.63) is 63.9 Å². The molecule has 2 heterocycles. The lowest BCUT2D eigenvalue weighted by atomic mass is 10.2. The van der Waals surface area contributed by atoms with Crippen LogP contribution in [0.25, 0.3) is 5.69 Å². The van der Waals surface area contributed by atoms with E-state index in [1.807, 2.05) is 24.3 Å². The number of hydrogen-bond donors (Lipinski definition) is 2. The van der Waals surface area contributed by atoms with E-state index >= 15 is 0 Å². The van der Waals surface area contributed by atoms with Gasteiger partial charge in [-0.3, -0.25) is 4.79 Å². The molecule has 0 unspecified atom stereocenters. The predicted molar refractivity (Wildman–Crippen MR) is 88.5 cm³/mol. The Balaban J connectivity index is 1.72. The highest BCUT2D eigenvalue weighted by atomic mass is 32.1. The molecule has 0 aliphatic rings. The number of aryl methyl sites for hydroxylation is 1. The van der Waals surface area contributed by atoms with E-state index in [-0.39, 0.29) is 11.6 Å². The van der Waals surface area contributed by atoms with Crippen LogP contribution in [0.2, 0.25) is 0 Å². The van der Waals surface area contributed by atoms with E-state index in [9.17, 15) is 9.59 Å². The molecule has 0 bridgehead atoms. The normalized spacial score (nSPS) is 10.5. The fourth-order valence-corrected chi connectivity index (χ4v) is 2.89. The molecule has 8 heteroatoms. The molecule has 1 aromatic carbocycles. The first kappa shape index (κ1) is 15.9. The molecule has 3 aromatic rings. The second-order valence-corrected chi connectivity index (χ2v) is 5.92. The molecule has 2 N–H and O–H groups in total. The van der Waals surface area contributed by atoms with Crippen LogP contribution in [0.5, 0.6) is 0 Å². The number of benzene rings is 1. The number of aromatic nitrogens is 3. The van der Waals surface area contributed by atoms with E-state index in [4.69, 9.17) is 5.11 Å². The van der Waals surface area contributed by atoms with Crippen LogP contribution in [0.1, 0.15) is 31.4 Å². The molecule has 0 saturated heterocycles. The topological polar surface area (TPSA) is 97.1 Å². The summed E-state index contributed by atoms with van der Waals surface area (Å²) in [5, 5.41) is 15.8. The minimum Gasteiger partial charge on any atom is -0.476 e. The van der Waals surface area contributed by atoms with Gasteiger partial charge in [0.1, 0.15) is 4.88 Å². The van der Waals surface area contributed by atoms with Crippen LogP contribution >= 0.6 is 11.3 Å². The third-order valence-electron chi connectivity index (χ3n) is 3.39. The summed E-state index contributed by atoms with van der Waals surface area (Å²) in [7, 11) is 0. The van der Waals surface area contributed by atoms with Gasteiger partial charge in [-0.1, -0.05) is 12.1 Å². The molecule has 2 aromatic heterocycles. The standard InChI is InChI=1S/C16H14N4O3S/c1-10-14(24-9-18-10)15(21)17-8-11-3-2-4-12(7-11)20-6-5-13(19-20)16(22)23/h2-7,9H,8H2,1H3,(H,17,21)(H,22,23). The number of carboxylic acids is 1. The number of rotatable bonds is 5. The summed E-state index contributed by atoms with van der Waals surface area (Å²) >= 11 is 1.31. The summed E-state index contributed by atoms with van der Waals surface area (Å²) in [6.45, 7) is 2.15. The fourth-order valence-electron chi connectivity index (χ4n) is 2.17. The molecule has 0 spiro atoms. The molecule has 0 atom stereocenters. The zero-order valence-electron chi connectivity index (χ0n) is 12.8. The van der Waals surface area contributed by atoms with E-state index in [0.29, 0.717) is 17.1 Å². The van der Waals surface area contributed by atoms with Crippen molar-refractivity contribution in [1.29, 1.82) is 0 Å². The van der Waals surface area contributed by atoms with Crippen molar-refractivity contribution in [2.24, 2.45) is 0 Å². The van der Waals surface area contributed by atoms with Crippen LogP contribution in [-0.2, 0) is 6.54 Å². The number of hydrogen-bond acceptors (Lipinski definition) is 5. The summed E-state index contributed by atoms with van der Waals surface area (Å²) in [6, 6.07) is 8.81. The van der Waals surface area contributed by atoms with E-state index in [2.05, 4.69) is 15.4 Å². The molecular formula is C16H14N4O3S. The number of nitrogens with zero attached hydrogens (tertiary/aromatic N) is 3. The lowest BCUT2D eigenvalue weighted by molar-refractivity contribution is 0.0689. The van der Waals surface area contributed by atoms with Crippen LogP contribution in [0.3, 0.4) is 0 Å². The van der Waals surface area contributed by atoms with Crippen LogP contribution in [-0.4, -0.2) is 31.7 Å². The Hall–Kier alpha value is -3.00. The number of thiazole rings is 1. The van der Waals surface area contributed by atoms with Gasteiger partial charge in [-0.2, -0.15) is 5.10 Å². The SMILES string of the molecule is Cc1ncsc1C(=O)NCc1cccc(-n2ccc(C(=O)O)n2)c1. The molecule has 0 radical (unpaired) electrons. The Morgan fingerprint density at radius 1 is 1.33 bits per heavy atom. The maximum absolute atomic E-state index is 12.1. The van der Waals surface area contributed by atoms with Crippen molar-refractivity contribution >= 4 is 23.2 Å². The van der Waals surface area contributed by atoms with Crippen molar-refractivity contribution in [1.82, 2.24) is 20.1 Å². The quantitative estimate of drug-likeness (QED) is 0.741. The van der Waals surface area contributed by atoms with Gasteiger partial charge in [-0.25, -0.2) is 14.5 Å². The smallest absolute Gasteiger partial charge is 0.356 e. The fraction of sp³-hybridized carbons (Fsp3) is 0.125. The summed E-state index contributed by atoms with van der Waals surface area (Å²) in [5.41, 5.74) is 3.94. The van der Waals surface area contributed by atoms with Gasteiger partial charge >= 0.3 is 5.97 Å². The Labute approximate surface area is 141 Å². The molecule has 24 heavy (non-hydrogen) atoms. The van der Waals surface area contributed by atoms with Crippen molar-refractivity contribution in [2.45, 2.75) is 13.5 Å². The van der Waals surface area contributed by atoms with Crippen LogP contribution in [0.15, 0.2) is 42.0 Å². The van der Waals surface area contributed by atoms with Gasteiger partial charge in [0.25, 0.3) is 5.91 Å². The highest BCUT2D eigenvalue weighted by Gasteiger charge is 2.12. The van der Waals surface area contributed by atoms with Gasteiger partial charge in [0, 0.05) is 12.7 Å². The molecular weight excluding hydrogens is 328 g/mol. The molecule has 122 valence electrons. The monoisotopic (exact) mass is 342 g/mol. The Kier molecular flexibility index (Phi) is 4.39. The molecule has 7 nitrogen and oxygen atoms in total. The van der Waals surface area contributed by atoms with E-state index < -0.39 is 5.97 Å². The molecule has 0 aliphatic heterocycles. The van der Waals surface area contributed by atoms with Crippen molar-refractivity contribution in [3.63, 3.8) is 0 Å². The summed E-state index contributed by atoms with van der Waals surface area (Å²) in [6.07, 6.45) is 1.59. The second kappa shape index (κ2) is 6.63. The Morgan fingerprint density at radius 3 is 2.83 bits per heavy atom. The number of carbonyl (C=O) groups is 2. The second-order valence-electron chi connectivity index (χ2n) is 5.07. The van der Waals surface area contributed by atoms with E-state index in [1.54, 1.807) is 18.6 Å². The largest absolute Gasteiger partial charge is 0.476 e. The lowest BCUT2D eigenvalue weighted by Crippen LogP contribution is -2.22. The van der Waals surface area contributed by atoms with Gasteiger partial charge in [0.05, 0.1) is 16.9 Å². The van der Waals surface area contributed by atoms with Crippen molar-refractivity contribution in [3.8, 4) is 5.69 Å².